The molecule has 2 rings (SSSR count). The number of hydrogen-bond acceptors (Lipinski definition) is 2. The van der Waals surface area contributed by atoms with E-state index in [1.807, 2.05) is 18.2 Å². The maximum Gasteiger partial charge on any atom is 0.138 e. The molecule has 0 aliphatic rings. The predicted octanol–water partition coefficient (Wildman–Crippen LogP) is 2.70. The summed E-state index contributed by atoms with van der Waals surface area (Å²) in [5, 5.41) is 1.12. The molecule has 0 saturated carbocycles. The predicted molar refractivity (Wildman–Crippen MR) is 56.7 cm³/mol. The summed E-state index contributed by atoms with van der Waals surface area (Å²) in [6, 6.07) is 6.10. The van der Waals surface area contributed by atoms with Gasteiger partial charge in [-0.3, -0.25) is 0 Å². The third-order valence-electron chi connectivity index (χ3n) is 2.05. The minimum Gasteiger partial charge on any atom is -0.463 e. The fraction of sp³-hybridized carbons (Fsp3) is 0.200. The van der Waals surface area contributed by atoms with Crippen molar-refractivity contribution in [3.05, 3.63) is 34.5 Å². The van der Waals surface area contributed by atoms with E-state index in [-0.39, 0.29) is 0 Å². The quantitative estimate of drug-likeness (QED) is 0.876. The average Bonchev–Trinajstić information content (AvgIpc) is 2.50. The average molecular weight is 240 g/mol. The highest BCUT2D eigenvalue weighted by Gasteiger charge is 2.06. The molecule has 1 heterocycles. The maximum absolute atomic E-state index is 5.50. The van der Waals surface area contributed by atoms with Gasteiger partial charge in [-0.05, 0) is 40.5 Å². The first kappa shape index (κ1) is 8.78. The van der Waals surface area contributed by atoms with Crippen LogP contribution in [0.4, 0.5) is 0 Å². The van der Waals surface area contributed by atoms with Gasteiger partial charge in [0.1, 0.15) is 11.8 Å². The van der Waals surface area contributed by atoms with Crippen LogP contribution in [0.5, 0.6) is 0 Å². The first-order valence-corrected chi connectivity index (χ1v) is 4.97. The third-order valence-corrected chi connectivity index (χ3v) is 2.66. The van der Waals surface area contributed by atoms with Gasteiger partial charge in [0.05, 0.1) is 4.47 Å². The summed E-state index contributed by atoms with van der Waals surface area (Å²) < 4.78 is 6.43. The summed E-state index contributed by atoms with van der Waals surface area (Å²) in [6.07, 6.45) is 2.57. The van der Waals surface area contributed by atoms with Crippen LogP contribution in [0.1, 0.15) is 5.56 Å². The number of fused-ring (bicyclic) bond motifs is 1. The van der Waals surface area contributed by atoms with Crippen molar-refractivity contribution in [2.45, 2.75) is 6.42 Å². The van der Waals surface area contributed by atoms with Crippen LogP contribution < -0.4 is 5.73 Å². The SMILES string of the molecule is NCCc1cccc2c(Br)coc12. The second-order valence-electron chi connectivity index (χ2n) is 2.92. The van der Waals surface area contributed by atoms with Crippen molar-refractivity contribution in [1.29, 1.82) is 0 Å². The zero-order valence-corrected chi connectivity index (χ0v) is 8.67. The molecule has 1 aromatic heterocycles. The molecule has 0 unspecified atom stereocenters. The van der Waals surface area contributed by atoms with Gasteiger partial charge < -0.3 is 10.2 Å². The fourth-order valence-electron chi connectivity index (χ4n) is 1.44. The number of benzene rings is 1. The molecule has 2 aromatic rings. The summed E-state index contributed by atoms with van der Waals surface area (Å²) in [6.45, 7) is 0.650. The van der Waals surface area contributed by atoms with Crippen molar-refractivity contribution >= 4 is 26.9 Å². The molecule has 0 bridgehead atoms. The van der Waals surface area contributed by atoms with E-state index >= 15 is 0 Å². The van der Waals surface area contributed by atoms with Crippen molar-refractivity contribution < 1.29 is 4.42 Å². The largest absolute Gasteiger partial charge is 0.463 e. The molecule has 3 heteroatoms. The van der Waals surface area contributed by atoms with Crippen molar-refractivity contribution in [2.24, 2.45) is 5.73 Å². The molecule has 0 fully saturated rings. The van der Waals surface area contributed by atoms with Gasteiger partial charge >= 0.3 is 0 Å². The van der Waals surface area contributed by atoms with E-state index in [2.05, 4.69) is 15.9 Å². The van der Waals surface area contributed by atoms with Crippen LogP contribution in [0.25, 0.3) is 11.0 Å². The minimum absolute atomic E-state index is 0.650. The third kappa shape index (κ3) is 1.49. The van der Waals surface area contributed by atoms with Crippen molar-refractivity contribution in [3.8, 4) is 0 Å². The van der Waals surface area contributed by atoms with Crippen LogP contribution in [-0.4, -0.2) is 6.54 Å². The molecule has 1 aromatic carbocycles. The zero-order valence-electron chi connectivity index (χ0n) is 7.09. The summed E-state index contributed by atoms with van der Waals surface area (Å²) in [5.74, 6) is 0. The second kappa shape index (κ2) is 3.52. The topological polar surface area (TPSA) is 39.2 Å². The summed E-state index contributed by atoms with van der Waals surface area (Å²) >= 11 is 3.43. The van der Waals surface area contributed by atoms with Gasteiger partial charge in [-0.25, -0.2) is 0 Å². The highest BCUT2D eigenvalue weighted by molar-refractivity contribution is 9.10. The summed E-state index contributed by atoms with van der Waals surface area (Å²) in [7, 11) is 0. The molecule has 13 heavy (non-hydrogen) atoms. The molecule has 0 aliphatic carbocycles. The van der Waals surface area contributed by atoms with Gasteiger partial charge in [0, 0.05) is 5.39 Å². The van der Waals surface area contributed by atoms with E-state index in [9.17, 15) is 0 Å². The van der Waals surface area contributed by atoms with E-state index in [4.69, 9.17) is 10.2 Å². The molecule has 0 amide bonds. The Kier molecular flexibility index (Phi) is 2.38. The molecule has 0 spiro atoms. The highest BCUT2D eigenvalue weighted by Crippen LogP contribution is 2.28. The Morgan fingerprint density at radius 2 is 2.23 bits per heavy atom. The van der Waals surface area contributed by atoms with E-state index in [0.717, 1.165) is 21.9 Å². The number of halogens is 1. The molecule has 0 aliphatic heterocycles. The van der Waals surface area contributed by atoms with Gasteiger partial charge in [0.15, 0.2) is 0 Å². The van der Waals surface area contributed by atoms with Gasteiger partial charge in [0.2, 0.25) is 0 Å². The lowest BCUT2D eigenvalue weighted by Crippen LogP contribution is -2.02. The number of nitrogens with two attached hydrogens (primary N) is 1. The van der Waals surface area contributed by atoms with Gasteiger partial charge in [-0.15, -0.1) is 0 Å². The monoisotopic (exact) mass is 239 g/mol. The van der Waals surface area contributed by atoms with Crippen LogP contribution in [-0.2, 0) is 6.42 Å². The van der Waals surface area contributed by atoms with Crippen LogP contribution in [0.3, 0.4) is 0 Å². The molecule has 0 atom stereocenters. The summed E-state index contributed by atoms with van der Waals surface area (Å²) in [4.78, 5) is 0. The number of furan rings is 1. The molecular weight excluding hydrogens is 230 g/mol. The van der Waals surface area contributed by atoms with Gasteiger partial charge in [0.25, 0.3) is 0 Å². The van der Waals surface area contributed by atoms with Crippen LogP contribution in [0.15, 0.2) is 33.4 Å². The lowest BCUT2D eigenvalue weighted by molar-refractivity contribution is 0.609. The summed E-state index contributed by atoms with van der Waals surface area (Å²) in [5.41, 5.74) is 7.62. The second-order valence-corrected chi connectivity index (χ2v) is 3.77. The zero-order chi connectivity index (χ0) is 9.26. The Balaban J connectivity index is 2.63. The minimum atomic E-state index is 0.650. The Hall–Kier alpha value is -0.800. The van der Waals surface area contributed by atoms with E-state index in [1.165, 1.54) is 5.56 Å². The van der Waals surface area contributed by atoms with Crippen LogP contribution in [0.2, 0.25) is 0 Å². The Morgan fingerprint density at radius 1 is 1.38 bits per heavy atom. The van der Waals surface area contributed by atoms with Crippen LogP contribution >= 0.6 is 15.9 Å². The Bertz CT molecular complexity index is 422. The number of hydrogen-bond donors (Lipinski definition) is 1. The maximum atomic E-state index is 5.50. The number of rotatable bonds is 2. The first-order chi connectivity index (χ1) is 6.33. The van der Waals surface area contributed by atoms with Crippen molar-refractivity contribution in [2.75, 3.05) is 6.54 Å². The molecule has 0 saturated heterocycles. The van der Waals surface area contributed by atoms with E-state index in [0.29, 0.717) is 6.54 Å². The van der Waals surface area contributed by atoms with E-state index in [1.54, 1.807) is 6.26 Å². The van der Waals surface area contributed by atoms with Crippen molar-refractivity contribution in [1.82, 2.24) is 0 Å². The first-order valence-electron chi connectivity index (χ1n) is 4.17. The number of para-hydroxylation sites is 1. The lowest BCUT2D eigenvalue weighted by atomic mass is 10.1. The molecule has 2 nitrogen and oxygen atoms in total. The van der Waals surface area contributed by atoms with Gasteiger partial charge in [-0.1, -0.05) is 12.1 Å². The van der Waals surface area contributed by atoms with Gasteiger partial charge in [-0.2, -0.15) is 0 Å². The Labute approximate surface area is 84.8 Å². The van der Waals surface area contributed by atoms with E-state index < -0.39 is 0 Å². The van der Waals surface area contributed by atoms with Crippen LogP contribution in [0, 0.1) is 0 Å². The fourth-order valence-corrected chi connectivity index (χ4v) is 1.84. The Morgan fingerprint density at radius 3 is 3.00 bits per heavy atom. The molecule has 2 N–H and O–H groups in total. The normalized spacial score (nSPS) is 10.9. The molecular formula is C10H10BrNO. The van der Waals surface area contributed by atoms with Crippen molar-refractivity contribution in [3.63, 3.8) is 0 Å². The molecule has 68 valence electrons. The molecule has 0 radical (unpaired) electrons. The lowest BCUT2D eigenvalue weighted by Gasteiger charge is -1.98. The smallest absolute Gasteiger partial charge is 0.138 e. The standard InChI is InChI=1S/C10H10BrNO/c11-9-6-13-10-7(4-5-12)2-1-3-8(9)10/h1-3,6H,4-5,12H2. The highest BCUT2D eigenvalue weighted by atomic mass is 79.9.